The summed E-state index contributed by atoms with van der Waals surface area (Å²) in [5, 5.41) is 11.6. The zero-order chi connectivity index (χ0) is 21.0. The van der Waals surface area contributed by atoms with Crippen LogP contribution in [0.3, 0.4) is 0 Å². The molecule has 1 aliphatic rings. The molecule has 1 aromatic carbocycles. The third kappa shape index (κ3) is 4.53. The molecule has 156 valence electrons. The second kappa shape index (κ2) is 8.99. The molecule has 1 saturated heterocycles. The number of hydrogen-bond donors (Lipinski definition) is 0. The fourth-order valence-corrected chi connectivity index (χ4v) is 3.41. The average Bonchev–Trinajstić information content (AvgIpc) is 2.70. The molecule has 1 fully saturated rings. The normalized spacial score (nSPS) is 14.3. The summed E-state index contributed by atoms with van der Waals surface area (Å²) < 4.78 is 19.7. The molecule has 0 bridgehead atoms. The van der Waals surface area contributed by atoms with E-state index < -0.39 is 16.2 Å². The number of nitrogens with zero attached hydrogens (tertiary/aromatic N) is 5. The predicted octanol–water partition coefficient (Wildman–Crippen LogP) is 1.96. The lowest BCUT2D eigenvalue weighted by atomic mass is 10.2. The van der Waals surface area contributed by atoms with Crippen molar-refractivity contribution in [3.8, 4) is 0 Å². The Morgan fingerprint density at radius 1 is 1.17 bits per heavy atom. The number of ether oxygens (including phenoxy) is 1. The summed E-state index contributed by atoms with van der Waals surface area (Å²) >= 11 is 0. The van der Waals surface area contributed by atoms with Crippen LogP contribution in [-0.2, 0) is 11.3 Å². The van der Waals surface area contributed by atoms with Gasteiger partial charge in [0.2, 0.25) is 5.82 Å². The van der Waals surface area contributed by atoms with Crippen molar-refractivity contribution in [2.45, 2.75) is 20.4 Å². The Labute approximate surface area is 167 Å². The summed E-state index contributed by atoms with van der Waals surface area (Å²) in [7, 11) is 0. The van der Waals surface area contributed by atoms with Gasteiger partial charge < -0.3 is 14.5 Å². The molecule has 9 nitrogen and oxygen atoms in total. The standard InChI is InChI=1S/C19H24FN5O4/c1-3-29-13-12-24-14(2)21-18(17(19(24)26)25(27)28)23-10-8-22(9-11-23)16-6-4-15(20)5-7-16/h4-7H,3,8-13H2,1-2H3. The molecule has 0 spiro atoms. The summed E-state index contributed by atoms with van der Waals surface area (Å²) in [4.78, 5) is 32.0. The molecule has 0 saturated carbocycles. The predicted molar refractivity (Wildman–Crippen MR) is 107 cm³/mol. The number of piperazine rings is 1. The van der Waals surface area contributed by atoms with Crippen molar-refractivity contribution in [3.63, 3.8) is 0 Å². The van der Waals surface area contributed by atoms with Crippen LogP contribution in [0.25, 0.3) is 0 Å². The number of nitro groups is 1. The maximum atomic E-state index is 13.1. The van der Waals surface area contributed by atoms with Crippen molar-refractivity contribution in [2.24, 2.45) is 0 Å². The highest BCUT2D eigenvalue weighted by molar-refractivity contribution is 5.58. The van der Waals surface area contributed by atoms with Crippen LogP contribution < -0.4 is 15.4 Å². The van der Waals surface area contributed by atoms with Crippen molar-refractivity contribution >= 4 is 17.2 Å². The average molecular weight is 405 g/mol. The number of hydrogen-bond acceptors (Lipinski definition) is 7. The van der Waals surface area contributed by atoms with Gasteiger partial charge in [0.15, 0.2) is 0 Å². The van der Waals surface area contributed by atoms with Gasteiger partial charge in [-0.25, -0.2) is 9.37 Å². The Balaban J connectivity index is 1.82. The number of halogens is 1. The monoisotopic (exact) mass is 405 g/mol. The Morgan fingerprint density at radius 3 is 2.38 bits per heavy atom. The van der Waals surface area contributed by atoms with Crippen molar-refractivity contribution in [3.05, 3.63) is 56.4 Å². The van der Waals surface area contributed by atoms with Crippen LogP contribution in [0.1, 0.15) is 12.7 Å². The van der Waals surface area contributed by atoms with E-state index in [9.17, 15) is 19.3 Å². The molecule has 2 heterocycles. The zero-order valence-corrected chi connectivity index (χ0v) is 16.5. The van der Waals surface area contributed by atoms with Gasteiger partial charge in [0.25, 0.3) is 0 Å². The number of aromatic nitrogens is 2. The van der Waals surface area contributed by atoms with E-state index in [0.717, 1.165) is 5.69 Å². The minimum atomic E-state index is -0.668. The van der Waals surface area contributed by atoms with Crippen molar-refractivity contribution in [2.75, 3.05) is 49.2 Å². The van der Waals surface area contributed by atoms with Gasteiger partial charge in [0.05, 0.1) is 18.1 Å². The molecule has 0 N–H and O–H groups in total. The molecule has 10 heteroatoms. The van der Waals surface area contributed by atoms with Crippen molar-refractivity contribution in [1.29, 1.82) is 0 Å². The van der Waals surface area contributed by atoms with Crippen LogP contribution >= 0.6 is 0 Å². The molecule has 0 aliphatic carbocycles. The molecule has 29 heavy (non-hydrogen) atoms. The molecule has 0 atom stereocenters. The Hall–Kier alpha value is -3.01. The molecule has 1 aromatic heterocycles. The van der Waals surface area contributed by atoms with E-state index in [4.69, 9.17) is 4.74 Å². The number of anilines is 2. The summed E-state index contributed by atoms with van der Waals surface area (Å²) in [6.45, 7) is 6.59. The fraction of sp³-hybridized carbons (Fsp3) is 0.474. The molecule has 0 amide bonds. The summed E-state index contributed by atoms with van der Waals surface area (Å²) in [6.07, 6.45) is 0. The second-order valence-electron chi connectivity index (χ2n) is 6.69. The first-order valence-electron chi connectivity index (χ1n) is 9.51. The van der Waals surface area contributed by atoms with Gasteiger partial charge >= 0.3 is 11.2 Å². The number of rotatable bonds is 7. The molecule has 0 unspecified atom stereocenters. The topological polar surface area (TPSA) is 93.7 Å². The maximum Gasteiger partial charge on any atom is 0.376 e. The van der Waals surface area contributed by atoms with Gasteiger partial charge in [-0.05, 0) is 38.1 Å². The van der Waals surface area contributed by atoms with Crippen LogP contribution in [-0.4, -0.2) is 53.9 Å². The van der Waals surface area contributed by atoms with Gasteiger partial charge in [-0.2, -0.15) is 0 Å². The van der Waals surface area contributed by atoms with Crippen LogP contribution in [0.15, 0.2) is 29.1 Å². The third-order valence-corrected chi connectivity index (χ3v) is 4.93. The lowest BCUT2D eigenvalue weighted by molar-refractivity contribution is -0.386. The highest BCUT2D eigenvalue weighted by Crippen LogP contribution is 2.25. The summed E-state index contributed by atoms with van der Waals surface area (Å²) in [5.41, 5.74) is -0.295. The number of aryl methyl sites for hydroxylation is 1. The highest BCUT2D eigenvalue weighted by atomic mass is 19.1. The maximum absolute atomic E-state index is 13.1. The van der Waals surface area contributed by atoms with Crippen molar-refractivity contribution in [1.82, 2.24) is 9.55 Å². The molecular weight excluding hydrogens is 381 g/mol. The van der Waals surface area contributed by atoms with Crippen LogP contribution in [0, 0.1) is 22.9 Å². The zero-order valence-electron chi connectivity index (χ0n) is 16.5. The minimum absolute atomic E-state index is 0.101. The van der Waals surface area contributed by atoms with E-state index in [1.807, 2.05) is 6.92 Å². The van der Waals surface area contributed by atoms with Crippen molar-refractivity contribution < 1.29 is 14.1 Å². The molecule has 1 aliphatic heterocycles. The lowest BCUT2D eigenvalue weighted by Gasteiger charge is -2.36. The van der Waals surface area contributed by atoms with Crippen LogP contribution in [0.5, 0.6) is 0 Å². The van der Waals surface area contributed by atoms with E-state index >= 15 is 0 Å². The SMILES string of the molecule is CCOCCn1c(C)nc(N2CCN(c3ccc(F)cc3)CC2)c([N+](=O)[O-])c1=O. The third-order valence-electron chi connectivity index (χ3n) is 4.93. The Kier molecular flexibility index (Phi) is 6.42. The van der Waals surface area contributed by atoms with Gasteiger partial charge in [-0.1, -0.05) is 0 Å². The Morgan fingerprint density at radius 2 is 1.79 bits per heavy atom. The first-order valence-corrected chi connectivity index (χ1v) is 9.51. The van der Waals surface area contributed by atoms with Crippen LogP contribution in [0.2, 0.25) is 0 Å². The van der Waals surface area contributed by atoms with E-state index in [-0.39, 0.29) is 24.8 Å². The van der Waals surface area contributed by atoms with E-state index in [2.05, 4.69) is 9.88 Å². The smallest absolute Gasteiger partial charge is 0.376 e. The molecular formula is C19H24FN5O4. The van der Waals surface area contributed by atoms with Gasteiger partial charge in [0, 0.05) is 38.5 Å². The Bertz CT molecular complexity index is 923. The molecule has 3 rings (SSSR count). The van der Waals surface area contributed by atoms with Crippen LogP contribution in [0.4, 0.5) is 21.6 Å². The van der Waals surface area contributed by atoms with E-state index in [0.29, 0.717) is 38.6 Å². The largest absolute Gasteiger partial charge is 0.380 e. The highest BCUT2D eigenvalue weighted by Gasteiger charge is 2.30. The minimum Gasteiger partial charge on any atom is -0.380 e. The summed E-state index contributed by atoms with van der Waals surface area (Å²) in [5.74, 6) is 0.216. The molecule has 0 radical (unpaired) electrons. The van der Waals surface area contributed by atoms with E-state index in [1.54, 1.807) is 24.0 Å². The number of benzene rings is 1. The first-order chi connectivity index (χ1) is 13.9. The lowest BCUT2D eigenvalue weighted by Crippen LogP contribution is -2.47. The second-order valence-corrected chi connectivity index (χ2v) is 6.69. The van der Waals surface area contributed by atoms with Gasteiger partial charge in [0.1, 0.15) is 11.6 Å². The van der Waals surface area contributed by atoms with Gasteiger partial charge in [-0.3, -0.25) is 19.5 Å². The van der Waals surface area contributed by atoms with E-state index in [1.165, 1.54) is 16.7 Å². The quantitative estimate of drug-likeness (QED) is 0.395. The van der Waals surface area contributed by atoms with Gasteiger partial charge in [-0.15, -0.1) is 0 Å². The molecule has 2 aromatic rings. The summed E-state index contributed by atoms with van der Waals surface area (Å²) in [6, 6.07) is 6.21. The fourth-order valence-electron chi connectivity index (χ4n) is 3.41. The first kappa shape index (κ1) is 20.7.